The van der Waals surface area contributed by atoms with E-state index in [-0.39, 0.29) is 31.2 Å². The van der Waals surface area contributed by atoms with E-state index in [1.807, 2.05) is 12.1 Å². The summed E-state index contributed by atoms with van der Waals surface area (Å²) in [6.45, 7) is 0.466. The van der Waals surface area contributed by atoms with Crippen LogP contribution in [0.5, 0.6) is 0 Å². The van der Waals surface area contributed by atoms with Crippen molar-refractivity contribution < 1.29 is 22.4 Å². The van der Waals surface area contributed by atoms with Gasteiger partial charge in [0.05, 0.1) is 18.6 Å². The molecule has 0 aliphatic carbocycles. The molecule has 0 spiro atoms. The Morgan fingerprint density at radius 1 is 1.27 bits per heavy atom. The van der Waals surface area contributed by atoms with Crippen LogP contribution in [-0.4, -0.2) is 43.2 Å². The van der Waals surface area contributed by atoms with Crippen LogP contribution in [-0.2, 0) is 27.7 Å². The largest absolute Gasteiger partial charge is 0.467 e. The molecule has 0 saturated heterocycles. The second kappa shape index (κ2) is 7.33. The van der Waals surface area contributed by atoms with Crippen molar-refractivity contribution in [3.8, 4) is 0 Å². The van der Waals surface area contributed by atoms with E-state index >= 15 is 0 Å². The fourth-order valence-electron chi connectivity index (χ4n) is 2.99. The number of rotatable bonds is 7. The number of carbonyl (C=O) groups excluding carboxylic acids is 2. The molecule has 2 heterocycles. The Hall–Kier alpha value is -2.61. The lowest BCUT2D eigenvalue weighted by molar-refractivity contribution is -0.126. The van der Waals surface area contributed by atoms with Gasteiger partial charge >= 0.3 is 0 Å². The zero-order chi connectivity index (χ0) is 18.7. The van der Waals surface area contributed by atoms with Crippen LogP contribution in [0, 0.1) is 0 Å². The zero-order valence-corrected chi connectivity index (χ0v) is 15.2. The topological polar surface area (TPSA) is 96.7 Å². The lowest BCUT2D eigenvalue weighted by Crippen LogP contribution is -2.47. The smallest absolute Gasteiger partial charge is 0.255 e. The highest BCUT2D eigenvalue weighted by molar-refractivity contribution is 7.90. The van der Waals surface area contributed by atoms with Gasteiger partial charge in [-0.05, 0) is 30.2 Å². The lowest BCUT2D eigenvalue weighted by Gasteiger charge is -2.26. The minimum atomic E-state index is -3.26. The second-order valence-electron chi connectivity index (χ2n) is 6.32. The van der Waals surface area contributed by atoms with Crippen LogP contribution in [0.25, 0.3) is 0 Å². The Morgan fingerprint density at radius 3 is 2.69 bits per heavy atom. The summed E-state index contributed by atoms with van der Waals surface area (Å²) in [5.74, 6) is -0.249. The molecule has 1 N–H and O–H groups in total. The third-order valence-corrected chi connectivity index (χ3v) is 5.28. The van der Waals surface area contributed by atoms with E-state index in [4.69, 9.17) is 4.42 Å². The molecule has 1 atom stereocenters. The molecule has 0 radical (unpaired) electrons. The molecule has 0 fully saturated rings. The average molecular weight is 376 g/mol. The van der Waals surface area contributed by atoms with E-state index in [0.29, 0.717) is 11.3 Å². The maximum atomic E-state index is 12.7. The quantitative estimate of drug-likeness (QED) is 0.787. The Morgan fingerprint density at radius 2 is 2.04 bits per heavy atom. The number of nitrogens with one attached hydrogen (secondary N) is 1. The molecule has 1 aliphatic rings. The van der Waals surface area contributed by atoms with Gasteiger partial charge in [0.1, 0.15) is 21.6 Å². The van der Waals surface area contributed by atoms with Crippen molar-refractivity contribution in [2.45, 2.75) is 25.6 Å². The third kappa shape index (κ3) is 4.13. The fourth-order valence-corrected chi connectivity index (χ4v) is 3.64. The Balaban J connectivity index is 1.77. The van der Waals surface area contributed by atoms with Crippen LogP contribution in [0.15, 0.2) is 47.1 Å². The van der Waals surface area contributed by atoms with Crippen LogP contribution in [0.4, 0.5) is 0 Å². The first kappa shape index (κ1) is 18.2. The average Bonchev–Trinajstić information content (AvgIpc) is 3.21. The van der Waals surface area contributed by atoms with Crippen molar-refractivity contribution in [1.82, 2.24) is 10.2 Å². The van der Waals surface area contributed by atoms with Gasteiger partial charge < -0.3 is 14.6 Å². The predicted octanol–water partition coefficient (Wildman–Crippen LogP) is 1.36. The maximum absolute atomic E-state index is 12.7. The van der Waals surface area contributed by atoms with Crippen molar-refractivity contribution in [2.24, 2.45) is 0 Å². The summed E-state index contributed by atoms with van der Waals surface area (Å²) in [4.78, 5) is 26.8. The Kier molecular flexibility index (Phi) is 5.13. The highest BCUT2D eigenvalue weighted by atomic mass is 32.2. The second-order valence-corrected chi connectivity index (χ2v) is 8.58. The fraction of sp³-hybridized carbons (Fsp3) is 0.333. The van der Waals surface area contributed by atoms with E-state index in [2.05, 4.69) is 5.32 Å². The number of sulfone groups is 1. The molecule has 138 valence electrons. The van der Waals surface area contributed by atoms with Gasteiger partial charge in [-0.3, -0.25) is 9.59 Å². The molecule has 0 unspecified atom stereocenters. The standard InChI is InChI=1S/C18H20N2O5S/c1-26(23,24)10-8-16(17(21)19-11-14-6-4-9-25-14)20-12-13-5-2-3-7-15(13)18(20)22/h2-7,9,16H,8,10-12H2,1H3,(H,19,21)/t16-/m0/s1. The number of nitrogens with zero attached hydrogens (tertiary/aromatic N) is 1. The molecule has 7 nitrogen and oxygen atoms in total. The molecular formula is C18H20N2O5S. The van der Waals surface area contributed by atoms with Crippen molar-refractivity contribution in [1.29, 1.82) is 0 Å². The number of furan rings is 1. The van der Waals surface area contributed by atoms with Gasteiger partial charge in [0.25, 0.3) is 5.91 Å². The molecule has 2 amide bonds. The minimum Gasteiger partial charge on any atom is -0.467 e. The third-order valence-electron chi connectivity index (χ3n) is 4.31. The Bertz CT molecular complexity index is 905. The van der Waals surface area contributed by atoms with Crippen LogP contribution in [0.3, 0.4) is 0 Å². The summed E-state index contributed by atoms with van der Waals surface area (Å²) in [5, 5.41) is 2.72. The highest BCUT2D eigenvalue weighted by Crippen LogP contribution is 2.25. The van der Waals surface area contributed by atoms with Crippen molar-refractivity contribution >= 4 is 21.7 Å². The first-order valence-corrected chi connectivity index (χ1v) is 10.3. The van der Waals surface area contributed by atoms with Crippen LogP contribution in [0.2, 0.25) is 0 Å². The number of fused-ring (bicyclic) bond motifs is 1. The Labute approximate surface area is 151 Å². The molecular weight excluding hydrogens is 356 g/mol. The molecule has 8 heteroatoms. The van der Waals surface area contributed by atoms with Crippen LogP contribution >= 0.6 is 0 Å². The van der Waals surface area contributed by atoms with E-state index in [1.165, 1.54) is 11.2 Å². The summed E-state index contributed by atoms with van der Waals surface area (Å²) in [6.07, 6.45) is 2.66. The van der Waals surface area contributed by atoms with Crippen LogP contribution < -0.4 is 5.32 Å². The van der Waals surface area contributed by atoms with Gasteiger partial charge in [-0.25, -0.2) is 8.42 Å². The number of amides is 2. The molecule has 2 aromatic rings. The summed E-state index contributed by atoms with van der Waals surface area (Å²) in [5.41, 5.74) is 1.39. The van der Waals surface area contributed by atoms with Gasteiger partial charge in [-0.1, -0.05) is 18.2 Å². The summed E-state index contributed by atoms with van der Waals surface area (Å²) >= 11 is 0. The normalized spacial score (nSPS) is 15.0. The molecule has 1 aliphatic heterocycles. The van der Waals surface area contributed by atoms with E-state index in [9.17, 15) is 18.0 Å². The minimum absolute atomic E-state index is 0.0442. The lowest BCUT2D eigenvalue weighted by atomic mass is 10.1. The van der Waals surface area contributed by atoms with E-state index < -0.39 is 21.8 Å². The van der Waals surface area contributed by atoms with E-state index in [1.54, 1.807) is 24.3 Å². The number of benzene rings is 1. The van der Waals surface area contributed by atoms with Gasteiger partial charge in [0, 0.05) is 18.4 Å². The first-order valence-electron chi connectivity index (χ1n) is 8.22. The van der Waals surface area contributed by atoms with Crippen LogP contribution in [0.1, 0.15) is 28.1 Å². The molecule has 3 rings (SSSR count). The molecule has 0 bridgehead atoms. The molecule has 1 aromatic heterocycles. The molecule has 0 saturated carbocycles. The van der Waals surface area contributed by atoms with Gasteiger partial charge in [-0.2, -0.15) is 0 Å². The number of hydrogen-bond acceptors (Lipinski definition) is 5. The van der Waals surface area contributed by atoms with E-state index in [0.717, 1.165) is 11.8 Å². The monoisotopic (exact) mass is 376 g/mol. The SMILES string of the molecule is CS(=O)(=O)CC[C@@H](C(=O)NCc1ccco1)N1Cc2ccccc2C1=O. The predicted molar refractivity (Wildman–Crippen MR) is 95.0 cm³/mol. The van der Waals surface area contributed by atoms with Gasteiger partial charge in [0.15, 0.2) is 0 Å². The highest BCUT2D eigenvalue weighted by Gasteiger charge is 2.36. The van der Waals surface area contributed by atoms with Crippen molar-refractivity contribution in [2.75, 3.05) is 12.0 Å². The number of hydrogen-bond donors (Lipinski definition) is 1. The summed E-state index contributed by atoms with van der Waals surface area (Å²) in [7, 11) is -3.26. The summed E-state index contributed by atoms with van der Waals surface area (Å²) in [6, 6.07) is 9.72. The summed E-state index contributed by atoms with van der Waals surface area (Å²) < 4.78 is 28.3. The first-order chi connectivity index (χ1) is 12.3. The maximum Gasteiger partial charge on any atom is 0.255 e. The van der Waals surface area contributed by atoms with Crippen molar-refractivity contribution in [3.05, 3.63) is 59.5 Å². The van der Waals surface area contributed by atoms with Crippen molar-refractivity contribution in [3.63, 3.8) is 0 Å². The van der Waals surface area contributed by atoms with Gasteiger partial charge in [0.2, 0.25) is 5.91 Å². The zero-order valence-electron chi connectivity index (χ0n) is 14.3. The number of carbonyl (C=O) groups is 2. The molecule has 1 aromatic carbocycles. The molecule has 26 heavy (non-hydrogen) atoms. The van der Waals surface area contributed by atoms with Gasteiger partial charge in [-0.15, -0.1) is 0 Å².